The van der Waals surface area contributed by atoms with Gasteiger partial charge in [-0.25, -0.2) is 9.50 Å². The number of carbonyl (C=O) groups excluding carboxylic acids is 2. The lowest BCUT2D eigenvalue weighted by Gasteiger charge is -2.21. The first-order chi connectivity index (χ1) is 12.4. The van der Waals surface area contributed by atoms with Gasteiger partial charge in [-0.2, -0.15) is 4.98 Å². The van der Waals surface area contributed by atoms with Crippen LogP contribution in [0.1, 0.15) is 36.7 Å². The highest BCUT2D eigenvalue weighted by Crippen LogP contribution is 2.18. The Balaban J connectivity index is 2.16. The second-order valence-electron chi connectivity index (χ2n) is 5.96. The topological polar surface area (TPSA) is 89.7 Å². The lowest BCUT2D eigenvalue weighted by Crippen LogP contribution is -2.37. The maximum atomic E-state index is 12.6. The van der Waals surface area contributed by atoms with Gasteiger partial charge in [0.1, 0.15) is 6.54 Å². The monoisotopic (exact) mass is 379 g/mol. The second kappa shape index (κ2) is 8.98. The summed E-state index contributed by atoms with van der Waals surface area (Å²) < 4.78 is 6.40. The average molecular weight is 379 g/mol. The summed E-state index contributed by atoms with van der Waals surface area (Å²) >= 11 is 1.46. The van der Waals surface area contributed by atoms with Crippen LogP contribution in [0.2, 0.25) is 0 Å². The fourth-order valence-corrected chi connectivity index (χ4v) is 3.15. The third-order valence-electron chi connectivity index (χ3n) is 4.19. The summed E-state index contributed by atoms with van der Waals surface area (Å²) in [6, 6.07) is 0. The number of ether oxygens (including phenoxy) is 1. The zero-order chi connectivity index (χ0) is 19.3. The number of methoxy groups -OCH3 is 1. The molecular formula is C17H25N5O3S. The Morgan fingerprint density at radius 2 is 2.00 bits per heavy atom. The number of aryl methyl sites for hydroxylation is 2. The Morgan fingerprint density at radius 3 is 2.62 bits per heavy atom. The number of hydrogen-bond acceptors (Lipinski definition) is 7. The van der Waals surface area contributed by atoms with Crippen LogP contribution in [0.25, 0.3) is 5.78 Å². The smallest absolute Gasteiger partial charge is 0.325 e. The molecule has 0 saturated heterocycles. The first-order valence-corrected chi connectivity index (χ1v) is 9.75. The summed E-state index contributed by atoms with van der Waals surface area (Å²) in [5.74, 6) is 0.0896. The van der Waals surface area contributed by atoms with Crippen molar-refractivity contribution in [1.82, 2.24) is 24.5 Å². The van der Waals surface area contributed by atoms with E-state index >= 15 is 0 Å². The summed E-state index contributed by atoms with van der Waals surface area (Å²) in [6.45, 7) is 6.36. The van der Waals surface area contributed by atoms with Crippen LogP contribution in [0, 0.1) is 13.8 Å². The van der Waals surface area contributed by atoms with Gasteiger partial charge >= 0.3 is 5.97 Å². The van der Waals surface area contributed by atoms with Gasteiger partial charge in [-0.1, -0.05) is 18.7 Å². The summed E-state index contributed by atoms with van der Waals surface area (Å²) in [5.41, 5.74) is 2.76. The Hall–Kier alpha value is -2.16. The molecule has 0 atom stereocenters. The van der Waals surface area contributed by atoms with Gasteiger partial charge in [0.05, 0.1) is 7.11 Å². The lowest BCUT2D eigenvalue weighted by molar-refractivity contribution is -0.147. The normalized spacial score (nSPS) is 11.0. The molecule has 1 amide bonds. The molecule has 2 rings (SSSR count). The summed E-state index contributed by atoms with van der Waals surface area (Å²) in [6.07, 6.45) is 3.54. The zero-order valence-electron chi connectivity index (χ0n) is 15.9. The molecule has 8 nitrogen and oxygen atoms in total. The largest absolute Gasteiger partial charge is 0.468 e. The molecule has 0 fully saturated rings. The van der Waals surface area contributed by atoms with Crippen LogP contribution in [0.4, 0.5) is 0 Å². The van der Waals surface area contributed by atoms with Gasteiger partial charge in [-0.15, -0.1) is 5.10 Å². The van der Waals surface area contributed by atoms with Crippen LogP contribution >= 0.6 is 11.8 Å². The molecule has 0 radical (unpaired) electrons. The Bertz CT molecular complexity index is 805. The van der Waals surface area contributed by atoms with Gasteiger partial charge in [0.25, 0.3) is 5.78 Å². The summed E-state index contributed by atoms with van der Waals surface area (Å²) in [5, 5.41) is 5.09. The van der Waals surface area contributed by atoms with Crippen molar-refractivity contribution in [1.29, 1.82) is 0 Å². The highest BCUT2D eigenvalue weighted by molar-refractivity contribution is 7.98. The number of rotatable bonds is 8. The van der Waals surface area contributed by atoms with Crippen LogP contribution < -0.4 is 0 Å². The van der Waals surface area contributed by atoms with E-state index in [-0.39, 0.29) is 12.5 Å². The first-order valence-electron chi connectivity index (χ1n) is 8.52. The molecular weight excluding hydrogens is 354 g/mol. The molecule has 0 unspecified atom stereocenters. The van der Waals surface area contributed by atoms with E-state index in [4.69, 9.17) is 0 Å². The van der Waals surface area contributed by atoms with Crippen molar-refractivity contribution in [3.05, 3.63) is 17.0 Å². The van der Waals surface area contributed by atoms with Gasteiger partial charge in [-0.3, -0.25) is 9.59 Å². The van der Waals surface area contributed by atoms with Crippen LogP contribution in [-0.2, 0) is 20.7 Å². The summed E-state index contributed by atoms with van der Waals surface area (Å²) in [4.78, 5) is 34.5. The Morgan fingerprint density at radius 1 is 1.27 bits per heavy atom. The minimum Gasteiger partial charge on any atom is -0.468 e. The van der Waals surface area contributed by atoms with E-state index in [9.17, 15) is 9.59 Å². The van der Waals surface area contributed by atoms with E-state index in [1.807, 2.05) is 27.0 Å². The van der Waals surface area contributed by atoms with Gasteiger partial charge in [0, 0.05) is 24.4 Å². The van der Waals surface area contributed by atoms with Crippen molar-refractivity contribution in [2.45, 2.75) is 45.2 Å². The number of carbonyl (C=O) groups is 2. The van der Waals surface area contributed by atoms with Gasteiger partial charge in [0.2, 0.25) is 11.1 Å². The molecule has 0 aliphatic heterocycles. The van der Waals surface area contributed by atoms with Crippen molar-refractivity contribution < 1.29 is 14.3 Å². The fraction of sp³-hybridized carbons (Fsp3) is 0.588. The summed E-state index contributed by atoms with van der Waals surface area (Å²) in [7, 11) is 1.32. The van der Waals surface area contributed by atoms with E-state index in [0.717, 1.165) is 23.4 Å². The van der Waals surface area contributed by atoms with E-state index in [1.165, 1.54) is 18.9 Å². The highest BCUT2D eigenvalue weighted by Gasteiger charge is 2.19. The minimum absolute atomic E-state index is 0.0153. The zero-order valence-corrected chi connectivity index (χ0v) is 16.7. The van der Waals surface area contributed by atoms with Crippen molar-refractivity contribution in [3.63, 3.8) is 0 Å². The molecule has 2 aromatic rings. The Labute approximate surface area is 157 Å². The SMILES string of the molecule is CCCN(CC(=O)OC)C(=O)CCc1c(C)nc2nc(SC)nn2c1C. The van der Waals surface area contributed by atoms with Gasteiger partial charge in [-0.05, 0) is 38.5 Å². The quantitative estimate of drug-likeness (QED) is 0.510. The molecule has 26 heavy (non-hydrogen) atoms. The molecule has 142 valence electrons. The standard InChI is InChI=1S/C17H25N5O3S/c1-6-9-21(10-15(24)25-4)14(23)8-7-13-11(2)18-16-19-17(26-5)20-22(16)12(13)3/h6-10H2,1-5H3. The number of thioether (sulfide) groups is 1. The van der Waals surface area contributed by atoms with E-state index in [0.29, 0.717) is 30.3 Å². The van der Waals surface area contributed by atoms with Gasteiger partial charge in [0.15, 0.2) is 0 Å². The third-order valence-corrected chi connectivity index (χ3v) is 4.73. The fourth-order valence-electron chi connectivity index (χ4n) is 2.81. The van der Waals surface area contributed by atoms with Crippen molar-refractivity contribution >= 4 is 29.4 Å². The minimum atomic E-state index is -0.408. The molecule has 2 aromatic heterocycles. The maximum absolute atomic E-state index is 12.6. The molecule has 2 heterocycles. The van der Waals surface area contributed by atoms with Crippen LogP contribution in [0.15, 0.2) is 5.16 Å². The molecule has 9 heteroatoms. The van der Waals surface area contributed by atoms with Crippen molar-refractivity contribution in [3.8, 4) is 0 Å². The molecule has 0 aromatic carbocycles. The molecule has 0 N–H and O–H groups in total. The number of amides is 1. The van der Waals surface area contributed by atoms with Crippen molar-refractivity contribution in [2.75, 3.05) is 26.5 Å². The molecule has 0 saturated carbocycles. The van der Waals surface area contributed by atoms with Crippen LogP contribution in [0.5, 0.6) is 0 Å². The first kappa shape index (κ1) is 20.2. The maximum Gasteiger partial charge on any atom is 0.325 e. The van der Waals surface area contributed by atoms with E-state index in [1.54, 1.807) is 9.42 Å². The number of esters is 1. The predicted molar refractivity (Wildman–Crippen MR) is 99.2 cm³/mol. The number of fused-ring (bicyclic) bond motifs is 1. The van der Waals surface area contributed by atoms with Crippen LogP contribution in [0.3, 0.4) is 0 Å². The average Bonchev–Trinajstić information content (AvgIpc) is 3.04. The molecule has 0 bridgehead atoms. The molecule has 0 spiro atoms. The molecule has 0 aliphatic rings. The number of hydrogen-bond donors (Lipinski definition) is 0. The molecule has 0 aliphatic carbocycles. The van der Waals surface area contributed by atoms with E-state index in [2.05, 4.69) is 19.8 Å². The lowest BCUT2D eigenvalue weighted by atomic mass is 10.1. The highest BCUT2D eigenvalue weighted by atomic mass is 32.2. The van der Waals surface area contributed by atoms with Crippen LogP contribution in [-0.4, -0.2) is 62.8 Å². The third kappa shape index (κ3) is 4.51. The second-order valence-corrected chi connectivity index (χ2v) is 6.74. The number of aromatic nitrogens is 4. The number of nitrogens with zero attached hydrogens (tertiary/aromatic N) is 5. The van der Waals surface area contributed by atoms with E-state index < -0.39 is 5.97 Å². The Kier molecular flexibility index (Phi) is 6.96. The van der Waals surface area contributed by atoms with Crippen molar-refractivity contribution in [2.24, 2.45) is 0 Å². The van der Waals surface area contributed by atoms with Gasteiger partial charge < -0.3 is 9.64 Å². The predicted octanol–water partition coefficient (Wildman–Crippen LogP) is 1.81.